The van der Waals surface area contributed by atoms with Crippen molar-refractivity contribution >= 4 is 27.5 Å². The van der Waals surface area contributed by atoms with Crippen LogP contribution in [0.25, 0.3) is 0 Å². The molecule has 0 fully saturated rings. The van der Waals surface area contributed by atoms with Crippen LogP contribution in [0.2, 0.25) is 0 Å². The van der Waals surface area contributed by atoms with Crippen LogP contribution in [0.15, 0.2) is 59.6 Å². The van der Waals surface area contributed by atoms with Gasteiger partial charge in [0.25, 0.3) is 5.91 Å². The van der Waals surface area contributed by atoms with E-state index < -0.39 is 11.7 Å². The number of para-hydroxylation sites is 1. The third kappa shape index (κ3) is 3.92. The number of carbonyl (C=O) groups is 1. The number of rotatable bonds is 5. The largest absolute Gasteiger partial charge is 0.488 e. The van der Waals surface area contributed by atoms with Crippen LogP contribution >= 0.6 is 15.9 Å². The molecular formula is C16H13BrFNO2. The van der Waals surface area contributed by atoms with Crippen molar-refractivity contribution in [2.45, 2.75) is 0 Å². The van der Waals surface area contributed by atoms with E-state index in [-0.39, 0.29) is 5.69 Å². The van der Waals surface area contributed by atoms with Crippen molar-refractivity contribution in [1.29, 1.82) is 0 Å². The minimum atomic E-state index is -0.476. The highest BCUT2D eigenvalue weighted by Gasteiger charge is 2.11. The summed E-state index contributed by atoms with van der Waals surface area (Å²) >= 11 is 3.33. The van der Waals surface area contributed by atoms with Crippen molar-refractivity contribution in [3.8, 4) is 5.75 Å². The van der Waals surface area contributed by atoms with Gasteiger partial charge in [-0.25, -0.2) is 4.39 Å². The van der Waals surface area contributed by atoms with Crippen LogP contribution in [0.3, 0.4) is 0 Å². The highest BCUT2D eigenvalue weighted by molar-refractivity contribution is 9.10. The van der Waals surface area contributed by atoms with Gasteiger partial charge < -0.3 is 10.1 Å². The van der Waals surface area contributed by atoms with Crippen LogP contribution in [0.5, 0.6) is 5.75 Å². The summed E-state index contributed by atoms with van der Waals surface area (Å²) in [6.07, 6.45) is 1.63. The van der Waals surface area contributed by atoms with Crippen molar-refractivity contribution in [1.82, 2.24) is 0 Å². The third-order valence-corrected chi connectivity index (χ3v) is 3.29. The van der Waals surface area contributed by atoms with Gasteiger partial charge in [-0.3, -0.25) is 4.79 Å². The van der Waals surface area contributed by atoms with Crippen molar-refractivity contribution in [3.63, 3.8) is 0 Å². The van der Waals surface area contributed by atoms with Gasteiger partial charge in [0.15, 0.2) is 0 Å². The van der Waals surface area contributed by atoms with Gasteiger partial charge in [0, 0.05) is 5.56 Å². The molecule has 2 aromatic rings. The minimum absolute atomic E-state index is 0.144. The van der Waals surface area contributed by atoms with Crippen molar-refractivity contribution in [2.24, 2.45) is 0 Å². The van der Waals surface area contributed by atoms with Gasteiger partial charge in [0.05, 0.1) is 10.2 Å². The topological polar surface area (TPSA) is 38.3 Å². The van der Waals surface area contributed by atoms with Gasteiger partial charge in [-0.05, 0) is 46.3 Å². The van der Waals surface area contributed by atoms with E-state index in [9.17, 15) is 9.18 Å². The molecule has 108 valence electrons. The van der Waals surface area contributed by atoms with Crippen molar-refractivity contribution in [2.75, 3.05) is 11.9 Å². The molecule has 0 saturated carbocycles. The molecule has 2 aromatic carbocycles. The van der Waals surface area contributed by atoms with Gasteiger partial charge in [0.2, 0.25) is 0 Å². The molecule has 3 nitrogen and oxygen atoms in total. The summed E-state index contributed by atoms with van der Waals surface area (Å²) in [7, 11) is 0. The third-order valence-electron chi connectivity index (χ3n) is 2.67. The molecule has 5 heteroatoms. The number of hydrogen-bond acceptors (Lipinski definition) is 2. The average molecular weight is 350 g/mol. The summed E-state index contributed by atoms with van der Waals surface area (Å²) in [6, 6.07) is 10.9. The molecule has 0 bridgehead atoms. The first-order valence-corrected chi connectivity index (χ1v) is 7.00. The molecule has 0 aliphatic heterocycles. The predicted molar refractivity (Wildman–Crippen MR) is 84.2 cm³/mol. The van der Waals surface area contributed by atoms with Crippen molar-refractivity contribution < 1.29 is 13.9 Å². The van der Waals surface area contributed by atoms with E-state index in [0.29, 0.717) is 22.4 Å². The van der Waals surface area contributed by atoms with Gasteiger partial charge in [-0.15, -0.1) is 0 Å². The lowest BCUT2D eigenvalue weighted by atomic mass is 10.2. The monoisotopic (exact) mass is 349 g/mol. The number of ether oxygens (including phenoxy) is 1. The quantitative estimate of drug-likeness (QED) is 0.812. The van der Waals surface area contributed by atoms with Crippen LogP contribution in [0.1, 0.15) is 10.4 Å². The van der Waals surface area contributed by atoms with Gasteiger partial charge in [-0.2, -0.15) is 0 Å². The van der Waals surface area contributed by atoms with E-state index >= 15 is 0 Å². The average Bonchev–Trinajstić information content (AvgIpc) is 2.48. The molecular weight excluding hydrogens is 337 g/mol. The molecule has 0 saturated heterocycles. The maximum absolute atomic E-state index is 13.5. The number of nitrogens with one attached hydrogen (secondary N) is 1. The second-order valence-electron chi connectivity index (χ2n) is 4.18. The molecule has 0 atom stereocenters. The SMILES string of the molecule is C=CCOc1ccc(C(=O)Nc2ccccc2F)cc1Br. The molecule has 0 unspecified atom stereocenters. The van der Waals surface area contributed by atoms with Crippen LogP contribution < -0.4 is 10.1 Å². The molecule has 0 spiro atoms. The highest BCUT2D eigenvalue weighted by atomic mass is 79.9. The fourth-order valence-electron chi connectivity index (χ4n) is 1.66. The van der Waals surface area contributed by atoms with Crippen LogP contribution in [0, 0.1) is 5.82 Å². The first-order valence-electron chi connectivity index (χ1n) is 6.21. The maximum atomic E-state index is 13.5. The summed E-state index contributed by atoms with van der Waals surface area (Å²) < 4.78 is 19.5. The summed E-state index contributed by atoms with van der Waals surface area (Å²) in [5, 5.41) is 2.52. The summed E-state index contributed by atoms with van der Waals surface area (Å²) in [5.41, 5.74) is 0.543. The van der Waals surface area contributed by atoms with Crippen LogP contribution in [-0.4, -0.2) is 12.5 Å². The zero-order valence-corrected chi connectivity index (χ0v) is 12.7. The van der Waals surface area contributed by atoms with E-state index in [1.54, 1.807) is 36.4 Å². The number of halogens is 2. The molecule has 0 aliphatic rings. The lowest BCUT2D eigenvalue weighted by Crippen LogP contribution is -2.13. The maximum Gasteiger partial charge on any atom is 0.255 e. The van der Waals surface area contributed by atoms with E-state index in [0.717, 1.165) is 0 Å². The van der Waals surface area contributed by atoms with Crippen molar-refractivity contribution in [3.05, 3.63) is 71.0 Å². The summed E-state index contributed by atoms with van der Waals surface area (Å²) in [4.78, 5) is 12.1. The summed E-state index contributed by atoms with van der Waals surface area (Å²) in [6.45, 7) is 3.94. The zero-order chi connectivity index (χ0) is 15.2. The number of hydrogen-bond donors (Lipinski definition) is 1. The normalized spacial score (nSPS) is 10.0. The molecule has 0 radical (unpaired) electrons. The first-order chi connectivity index (χ1) is 10.1. The fraction of sp³-hybridized carbons (Fsp3) is 0.0625. The number of benzene rings is 2. The van der Waals surface area contributed by atoms with Gasteiger partial charge in [0.1, 0.15) is 18.2 Å². The lowest BCUT2D eigenvalue weighted by Gasteiger charge is -2.09. The Hall–Kier alpha value is -2.14. The molecule has 2 rings (SSSR count). The Morgan fingerprint density at radius 2 is 2.10 bits per heavy atom. The Kier molecular flexibility index (Phi) is 5.11. The standard InChI is InChI=1S/C16H13BrFNO2/c1-2-9-21-15-8-7-11(10-12(15)17)16(20)19-14-6-4-3-5-13(14)18/h2-8,10H,1,9H2,(H,19,20). The van der Waals surface area contributed by atoms with E-state index in [1.807, 2.05) is 0 Å². The second-order valence-corrected chi connectivity index (χ2v) is 5.03. The summed E-state index contributed by atoms with van der Waals surface area (Å²) in [5.74, 6) is -0.260. The fourth-order valence-corrected chi connectivity index (χ4v) is 2.16. The predicted octanol–water partition coefficient (Wildman–Crippen LogP) is 4.41. The lowest BCUT2D eigenvalue weighted by molar-refractivity contribution is 0.102. The molecule has 21 heavy (non-hydrogen) atoms. The molecule has 0 aromatic heterocycles. The molecule has 0 heterocycles. The van der Waals surface area contributed by atoms with E-state index in [2.05, 4.69) is 27.8 Å². The van der Waals surface area contributed by atoms with Gasteiger partial charge in [-0.1, -0.05) is 24.8 Å². The number of carbonyl (C=O) groups excluding carboxylic acids is 1. The van der Waals surface area contributed by atoms with E-state index in [4.69, 9.17) is 4.74 Å². The first kappa shape index (κ1) is 15.3. The Labute approximate surface area is 130 Å². The smallest absolute Gasteiger partial charge is 0.255 e. The Bertz CT molecular complexity index is 673. The highest BCUT2D eigenvalue weighted by Crippen LogP contribution is 2.26. The van der Waals surface area contributed by atoms with Crippen LogP contribution in [0.4, 0.5) is 10.1 Å². The van der Waals surface area contributed by atoms with Crippen LogP contribution in [-0.2, 0) is 0 Å². The second kappa shape index (κ2) is 7.04. The Morgan fingerprint density at radius 3 is 2.76 bits per heavy atom. The molecule has 1 N–H and O–H groups in total. The zero-order valence-electron chi connectivity index (χ0n) is 11.1. The number of anilines is 1. The Balaban J connectivity index is 2.15. The molecule has 1 amide bonds. The minimum Gasteiger partial charge on any atom is -0.488 e. The molecule has 0 aliphatic carbocycles. The Morgan fingerprint density at radius 1 is 1.33 bits per heavy atom. The van der Waals surface area contributed by atoms with Gasteiger partial charge >= 0.3 is 0 Å². The number of amides is 1. The van der Waals surface area contributed by atoms with E-state index in [1.165, 1.54) is 12.1 Å².